The highest BCUT2D eigenvalue weighted by atomic mass is 31.2. The van der Waals surface area contributed by atoms with Crippen molar-refractivity contribution in [2.24, 2.45) is 11.7 Å². The quantitative estimate of drug-likeness (QED) is 0.138. The number of primary amides is 1. The summed E-state index contributed by atoms with van der Waals surface area (Å²) in [6.07, 6.45) is 0.876. The van der Waals surface area contributed by atoms with Crippen molar-refractivity contribution in [3.63, 3.8) is 0 Å². The molecule has 1 fully saturated rings. The van der Waals surface area contributed by atoms with Gasteiger partial charge in [-0.2, -0.15) is 5.09 Å². The molecule has 4 rings (SSSR count). The molecule has 0 bridgehead atoms. The van der Waals surface area contributed by atoms with Gasteiger partial charge in [-0.15, -0.1) is 0 Å². The number of nitrogens with zero attached hydrogens (tertiary/aromatic N) is 2. The molecule has 0 saturated carbocycles. The average molecular weight is 659 g/mol. The molecule has 1 aliphatic heterocycles. The molecule has 1 unspecified atom stereocenters. The molecule has 0 spiro atoms. The molecular weight excluding hydrogens is 619 g/mol. The zero-order valence-corrected chi connectivity index (χ0v) is 26.5. The number of ether oxygens (including phenoxy) is 3. The number of carbonyl (C=O) groups excluding carboxylic acids is 3. The third-order valence-electron chi connectivity index (χ3n) is 6.95. The van der Waals surface area contributed by atoms with Crippen LogP contribution in [0.1, 0.15) is 61.8 Å². The lowest BCUT2D eigenvalue weighted by atomic mass is 10.1. The van der Waals surface area contributed by atoms with Crippen molar-refractivity contribution >= 4 is 25.6 Å². The first-order valence-corrected chi connectivity index (χ1v) is 16.4. The van der Waals surface area contributed by atoms with Crippen molar-refractivity contribution in [2.75, 3.05) is 13.2 Å². The molecule has 1 aliphatic rings. The van der Waals surface area contributed by atoms with Gasteiger partial charge in [0.1, 0.15) is 31.0 Å². The first kappa shape index (κ1) is 34.6. The summed E-state index contributed by atoms with van der Waals surface area (Å²) < 4.78 is 43.8. The second kappa shape index (κ2) is 16.4. The Hall–Kier alpha value is -4.23. The lowest BCUT2D eigenvalue weighted by Gasteiger charge is -2.25. The molecule has 248 valence electrons. The number of hydrogen-bond acceptors (Lipinski definition) is 11. The Kier molecular flexibility index (Phi) is 12.3. The standard InChI is InChI=1S/C31H39N4O10P/c1-21(2)15-16-41-27(36)17-25(31(39)42-18-22-9-5-3-6-10-22)34-46(40,45-23-11-7-4-8-12-23)43-19-24-13-14-26(44-24)35-20-33-28(29(32)37)30(35)38/h3-12,20-21,24-26,38H,13-19H2,1-2H3,(H2,32,37)(H,34,40)/t24-,25-,26+,46?/m0/s1. The number of aromatic nitrogens is 2. The number of esters is 2. The molecule has 0 aliphatic carbocycles. The number of imidazole rings is 1. The van der Waals surface area contributed by atoms with Crippen LogP contribution < -0.4 is 15.3 Å². The van der Waals surface area contributed by atoms with E-state index in [4.69, 9.17) is 29.0 Å². The summed E-state index contributed by atoms with van der Waals surface area (Å²) in [5.41, 5.74) is 5.66. The maximum Gasteiger partial charge on any atom is 0.459 e. The molecule has 2 aromatic carbocycles. The highest BCUT2D eigenvalue weighted by molar-refractivity contribution is 7.52. The topological polar surface area (TPSA) is 191 Å². The van der Waals surface area contributed by atoms with Crippen LogP contribution in [0.15, 0.2) is 67.0 Å². The van der Waals surface area contributed by atoms with E-state index in [9.17, 15) is 24.1 Å². The fraction of sp³-hybridized carbons (Fsp3) is 0.419. The van der Waals surface area contributed by atoms with Crippen LogP contribution >= 0.6 is 7.75 Å². The van der Waals surface area contributed by atoms with Crippen LogP contribution in [-0.4, -0.2) is 57.9 Å². The third-order valence-corrected chi connectivity index (χ3v) is 8.52. The number of aromatic hydroxyl groups is 1. The van der Waals surface area contributed by atoms with Gasteiger partial charge in [-0.25, -0.2) is 9.55 Å². The van der Waals surface area contributed by atoms with Crippen LogP contribution in [-0.2, 0) is 39.5 Å². The zero-order valence-electron chi connectivity index (χ0n) is 25.7. The molecule has 1 amide bonds. The summed E-state index contributed by atoms with van der Waals surface area (Å²) in [6, 6.07) is 15.7. The fourth-order valence-electron chi connectivity index (χ4n) is 4.48. The maximum atomic E-state index is 14.2. The van der Waals surface area contributed by atoms with Gasteiger partial charge < -0.3 is 29.6 Å². The molecule has 4 atom stereocenters. The van der Waals surface area contributed by atoms with Gasteiger partial charge in [0.2, 0.25) is 5.88 Å². The number of hydrogen-bond donors (Lipinski definition) is 3. The second-order valence-corrected chi connectivity index (χ2v) is 12.8. The summed E-state index contributed by atoms with van der Waals surface area (Å²) in [5, 5.41) is 12.9. The highest BCUT2D eigenvalue weighted by Crippen LogP contribution is 2.46. The van der Waals surface area contributed by atoms with Gasteiger partial charge >= 0.3 is 19.7 Å². The Morgan fingerprint density at radius 1 is 1.09 bits per heavy atom. The minimum absolute atomic E-state index is 0.0825. The molecule has 0 radical (unpaired) electrons. The van der Waals surface area contributed by atoms with Crippen molar-refractivity contribution in [1.29, 1.82) is 0 Å². The van der Waals surface area contributed by atoms with E-state index in [0.29, 0.717) is 30.7 Å². The van der Waals surface area contributed by atoms with Crippen LogP contribution in [0.25, 0.3) is 0 Å². The van der Waals surface area contributed by atoms with Gasteiger partial charge in [0, 0.05) is 0 Å². The minimum Gasteiger partial charge on any atom is -0.493 e. The Bertz CT molecular complexity index is 1500. The predicted molar refractivity (Wildman–Crippen MR) is 164 cm³/mol. The molecular formula is C31H39N4O10P. The average Bonchev–Trinajstić information content (AvgIpc) is 3.66. The summed E-state index contributed by atoms with van der Waals surface area (Å²) in [5.74, 6) is -2.40. The van der Waals surface area contributed by atoms with Gasteiger partial charge in [0.25, 0.3) is 5.91 Å². The van der Waals surface area contributed by atoms with E-state index in [-0.39, 0.29) is 31.3 Å². The normalized spacial score (nSPS) is 18.1. The third kappa shape index (κ3) is 10.1. The number of nitrogens with two attached hydrogens (primary N) is 1. The SMILES string of the molecule is CC(C)CCOC(=O)C[C@H](NP(=O)(OC[C@@H]1CC[C@H](n2cnc(C(N)=O)c2O)O1)Oc1ccccc1)C(=O)OCc1ccccc1. The Balaban J connectivity index is 1.48. The van der Waals surface area contributed by atoms with Gasteiger partial charge in [-0.05, 0) is 42.9 Å². The molecule has 1 saturated heterocycles. The lowest BCUT2D eigenvalue weighted by molar-refractivity contribution is -0.153. The van der Waals surface area contributed by atoms with Crippen molar-refractivity contribution < 1.29 is 47.3 Å². The summed E-state index contributed by atoms with van der Waals surface area (Å²) in [6.45, 7) is 3.79. The molecule has 4 N–H and O–H groups in total. The number of benzene rings is 2. The van der Waals surface area contributed by atoms with Crippen molar-refractivity contribution in [3.8, 4) is 11.6 Å². The molecule has 1 aromatic heterocycles. The van der Waals surface area contributed by atoms with Crippen LogP contribution in [0, 0.1) is 5.92 Å². The first-order chi connectivity index (χ1) is 22.0. The van der Waals surface area contributed by atoms with Crippen LogP contribution in [0.2, 0.25) is 0 Å². The molecule has 15 heteroatoms. The zero-order chi connectivity index (χ0) is 33.1. The van der Waals surface area contributed by atoms with Crippen LogP contribution in [0.5, 0.6) is 11.6 Å². The first-order valence-electron chi connectivity index (χ1n) is 14.9. The molecule has 46 heavy (non-hydrogen) atoms. The van der Waals surface area contributed by atoms with E-state index in [1.54, 1.807) is 54.6 Å². The van der Waals surface area contributed by atoms with Crippen LogP contribution in [0.3, 0.4) is 0 Å². The second-order valence-electron chi connectivity index (χ2n) is 11.1. The summed E-state index contributed by atoms with van der Waals surface area (Å²) >= 11 is 0. The fourth-order valence-corrected chi connectivity index (χ4v) is 6.00. The largest absolute Gasteiger partial charge is 0.493 e. The van der Waals surface area contributed by atoms with E-state index in [0.717, 1.165) is 0 Å². The van der Waals surface area contributed by atoms with Crippen LogP contribution in [0.4, 0.5) is 0 Å². The van der Waals surface area contributed by atoms with E-state index < -0.39 is 56.3 Å². The summed E-state index contributed by atoms with van der Waals surface area (Å²) in [7, 11) is -4.38. The van der Waals surface area contributed by atoms with E-state index >= 15 is 0 Å². The molecule has 2 heterocycles. The highest BCUT2D eigenvalue weighted by Gasteiger charge is 2.38. The van der Waals surface area contributed by atoms with E-state index in [2.05, 4.69) is 10.1 Å². The van der Waals surface area contributed by atoms with Gasteiger partial charge in [0.15, 0.2) is 5.69 Å². The Labute approximate surface area is 266 Å². The van der Waals surface area contributed by atoms with Crippen molar-refractivity contribution in [2.45, 2.75) is 64.5 Å². The van der Waals surface area contributed by atoms with E-state index in [1.165, 1.54) is 10.9 Å². The monoisotopic (exact) mass is 658 g/mol. The van der Waals surface area contributed by atoms with E-state index in [1.807, 2.05) is 19.9 Å². The smallest absolute Gasteiger partial charge is 0.459 e. The number of para-hydroxylation sites is 1. The van der Waals surface area contributed by atoms with Crippen molar-refractivity contribution in [3.05, 3.63) is 78.2 Å². The molecule has 3 aromatic rings. The predicted octanol–water partition coefficient (Wildman–Crippen LogP) is 4.25. The molecule has 14 nitrogen and oxygen atoms in total. The Morgan fingerprint density at radius 3 is 2.43 bits per heavy atom. The maximum absolute atomic E-state index is 14.2. The van der Waals surface area contributed by atoms with Gasteiger partial charge in [-0.3, -0.25) is 23.5 Å². The van der Waals surface area contributed by atoms with Gasteiger partial charge in [-0.1, -0.05) is 62.4 Å². The van der Waals surface area contributed by atoms with Crippen molar-refractivity contribution in [1.82, 2.24) is 14.6 Å². The number of carbonyl (C=O) groups is 3. The Morgan fingerprint density at radius 2 is 1.78 bits per heavy atom. The number of amides is 1. The summed E-state index contributed by atoms with van der Waals surface area (Å²) in [4.78, 5) is 41.3. The van der Waals surface area contributed by atoms with Gasteiger partial charge in [0.05, 0.1) is 25.7 Å². The lowest BCUT2D eigenvalue weighted by Crippen LogP contribution is -2.40. The number of nitrogens with one attached hydrogen (secondary N) is 1. The minimum atomic E-state index is -4.38. The number of rotatable bonds is 17.